The molecule has 2 amide bonds. The maximum Gasteiger partial charge on any atom is 0.323 e. The third-order valence-electron chi connectivity index (χ3n) is 4.88. The number of nitrogens with zero attached hydrogens (tertiary/aromatic N) is 7. The van der Waals surface area contributed by atoms with Gasteiger partial charge in [-0.05, 0) is 12.1 Å². The fraction of sp³-hybridized carbons (Fsp3) is 0.278. The molecule has 142 valence electrons. The number of rotatable bonds is 2. The minimum Gasteiger partial charge on any atom is -0.352 e. The zero-order valence-corrected chi connectivity index (χ0v) is 16.1. The Morgan fingerprint density at radius 1 is 1.14 bits per heavy atom. The molecule has 0 bridgehead atoms. The molecular weight excluding hydrogens is 376 g/mol. The van der Waals surface area contributed by atoms with Gasteiger partial charge in [-0.3, -0.25) is 10.00 Å². The molecule has 0 atom stereocenters. The smallest absolute Gasteiger partial charge is 0.323 e. The number of hydrogen-bond donors (Lipinski definition) is 1. The summed E-state index contributed by atoms with van der Waals surface area (Å²) in [5.41, 5.74) is 1.71. The lowest BCUT2D eigenvalue weighted by atomic mass is 10.3. The van der Waals surface area contributed by atoms with Crippen LogP contribution < -0.4 is 10.2 Å². The number of anilines is 2. The Hall–Kier alpha value is -3.27. The standard InChI is InChI=1S/C18H18N8OS/c1-24-15-12(10-21-24)16(20-11-19-15)25-6-8-26(9-7-25)18(27)23-17-22-13-4-2-3-5-14(13)28-17/h2-5,10-11H,6-9H2,1H3,(H,22,23,27). The first kappa shape index (κ1) is 16.9. The molecule has 1 aliphatic rings. The molecule has 1 fully saturated rings. The first-order chi connectivity index (χ1) is 13.7. The summed E-state index contributed by atoms with van der Waals surface area (Å²) in [6.07, 6.45) is 3.35. The summed E-state index contributed by atoms with van der Waals surface area (Å²) in [7, 11) is 1.86. The maximum atomic E-state index is 12.6. The molecule has 0 saturated carbocycles. The highest BCUT2D eigenvalue weighted by Gasteiger charge is 2.24. The van der Waals surface area contributed by atoms with Crippen molar-refractivity contribution < 1.29 is 4.79 Å². The number of hydrogen-bond acceptors (Lipinski definition) is 7. The summed E-state index contributed by atoms with van der Waals surface area (Å²) in [4.78, 5) is 29.8. The van der Waals surface area contributed by atoms with Crippen molar-refractivity contribution in [1.29, 1.82) is 0 Å². The molecule has 0 aliphatic carbocycles. The number of benzene rings is 1. The molecule has 28 heavy (non-hydrogen) atoms. The fourth-order valence-corrected chi connectivity index (χ4v) is 4.27. The molecule has 1 aliphatic heterocycles. The van der Waals surface area contributed by atoms with E-state index in [2.05, 4.69) is 30.3 Å². The molecular formula is C18H18N8OS. The van der Waals surface area contributed by atoms with Gasteiger partial charge in [0, 0.05) is 33.2 Å². The summed E-state index contributed by atoms with van der Waals surface area (Å²) in [5, 5.41) is 8.75. The number of aromatic nitrogens is 5. The average Bonchev–Trinajstić information content (AvgIpc) is 3.31. The highest BCUT2D eigenvalue weighted by atomic mass is 32.1. The summed E-state index contributed by atoms with van der Waals surface area (Å²) in [5.74, 6) is 0.865. The van der Waals surface area contributed by atoms with E-state index < -0.39 is 0 Å². The van der Waals surface area contributed by atoms with Gasteiger partial charge in [-0.15, -0.1) is 0 Å². The highest BCUT2D eigenvalue weighted by Crippen LogP contribution is 2.26. The van der Waals surface area contributed by atoms with Crippen LogP contribution in [0.5, 0.6) is 0 Å². The van der Waals surface area contributed by atoms with Crippen LogP contribution in [0, 0.1) is 0 Å². The molecule has 1 saturated heterocycles. The Morgan fingerprint density at radius 3 is 2.79 bits per heavy atom. The molecule has 5 rings (SSSR count). The fourth-order valence-electron chi connectivity index (χ4n) is 3.42. The van der Waals surface area contributed by atoms with Crippen molar-refractivity contribution in [2.45, 2.75) is 0 Å². The van der Waals surface area contributed by atoms with Crippen LogP contribution in [0.3, 0.4) is 0 Å². The van der Waals surface area contributed by atoms with Crippen LogP contribution in [-0.4, -0.2) is 61.8 Å². The number of thiazole rings is 1. The van der Waals surface area contributed by atoms with Gasteiger partial charge in [0.1, 0.15) is 12.1 Å². The van der Waals surface area contributed by atoms with E-state index in [0.717, 1.165) is 27.1 Å². The molecule has 0 radical (unpaired) electrons. The van der Waals surface area contributed by atoms with Crippen molar-refractivity contribution in [2.24, 2.45) is 7.05 Å². The first-order valence-corrected chi connectivity index (χ1v) is 9.80. The molecule has 0 unspecified atom stereocenters. The predicted octanol–water partition coefficient (Wildman–Crippen LogP) is 2.33. The highest BCUT2D eigenvalue weighted by molar-refractivity contribution is 7.22. The molecule has 1 N–H and O–H groups in total. The quantitative estimate of drug-likeness (QED) is 0.561. The van der Waals surface area contributed by atoms with Crippen LogP contribution >= 0.6 is 11.3 Å². The number of carbonyl (C=O) groups excluding carboxylic acids is 1. The van der Waals surface area contributed by atoms with E-state index in [-0.39, 0.29) is 6.03 Å². The molecule has 4 heterocycles. The SMILES string of the molecule is Cn1ncc2c(N3CCN(C(=O)Nc4nc5ccccc5s4)CC3)ncnc21. The summed E-state index contributed by atoms with van der Waals surface area (Å²) >= 11 is 1.48. The molecule has 1 aromatic carbocycles. The van der Waals surface area contributed by atoms with Gasteiger partial charge in [0.15, 0.2) is 10.8 Å². The van der Waals surface area contributed by atoms with Crippen molar-refractivity contribution in [3.05, 3.63) is 36.8 Å². The van der Waals surface area contributed by atoms with Crippen LogP contribution in [0.25, 0.3) is 21.3 Å². The minimum atomic E-state index is -0.118. The van der Waals surface area contributed by atoms with E-state index in [0.29, 0.717) is 31.3 Å². The molecule has 0 spiro atoms. The number of amides is 2. The zero-order chi connectivity index (χ0) is 19.1. The molecule has 4 aromatic rings. The van der Waals surface area contributed by atoms with Crippen LogP contribution in [0.15, 0.2) is 36.8 Å². The van der Waals surface area contributed by atoms with Crippen molar-refractivity contribution in [2.75, 3.05) is 36.4 Å². The summed E-state index contributed by atoms with van der Waals surface area (Å²) in [6.45, 7) is 2.63. The Morgan fingerprint density at radius 2 is 1.96 bits per heavy atom. The molecule has 3 aromatic heterocycles. The Kier molecular flexibility index (Phi) is 4.05. The number of para-hydroxylation sites is 1. The molecule has 10 heteroatoms. The van der Waals surface area contributed by atoms with Crippen molar-refractivity contribution in [3.63, 3.8) is 0 Å². The lowest BCUT2D eigenvalue weighted by molar-refractivity contribution is 0.208. The Labute approximate surface area is 164 Å². The second-order valence-electron chi connectivity index (χ2n) is 6.59. The van der Waals surface area contributed by atoms with Crippen LogP contribution in [-0.2, 0) is 7.05 Å². The van der Waals surface area contributed by atoms with Gasteiger partial charge in [0.2, 0.25) is 0 Å². The monoisotopic (exact) mass is 394 g/mol. The summed E-state index contributed by atoms with van der Waals surface area (Å²) < 4.78 is 2.80. The second-order valence-corrected chi connectivity index (χ2v) is 7.62. The summed E-state index contributed by atoms with van der Waals surface area (Å²) in [6, 6.07) is 7.74. The van der Waals surface area contributed by atoms with Crippen LogP contribution in [0.2, 0.25) is 0 Å². The number of carbonyl (C=O) groups is 1. The van der Waals surface area contributed by atoms with Crippen molar-refractivity contribution in [3.8, 4) is 0 Å². The third kappa shape index (κ3) is 2.91. The van der Waals surface area contributed by atoms with Gasteiger partial charge in [0.05, 0.1) is 21.8 Å². The predicted molar refractivity (Wildman–Crippen MR) is 109 cm³/mol. The number of urea groups is 1. The van der Waals surface area contributed by atoms with Gasteiger partial charge < -0.3 is 9.80 Å². The van der Waals surface area contributed by atoms with Crippen LogP contribution in [0.1, 0.15) is 0 Å². The second kappa shape index (κ2) is 6.71. The normalized spacial score (nSPS) is 14.8. The van der Waals surface area contributed by atoms with Gasteiger partial charge in [0.25, 0.3) is 0 Å². The van der Waals surface area contributed by atoms with Crippen LogP contribution in [0.4, 0.5) is 15.7 Å². The average molecular weight is 394 g/mol. The van der Waals surface area contributed by atoms with Gasteiger partial charge in [-0.25, -0.2) is 19.7 Å². The van der Waals surface area contributed by atoms with E-state index >= 15 is 0 Å². The number of piperazine rings is 1. The molecule has 9 nitrogen and oxygen atoms in total. The third-order valence-corrected chi connectivity index (χ3v) is 5.83. The largest absolute Gasteiger partial charge is 0.352 e. The van der Waals surface area contributed by atoms with Gasteiger partial charge in [-0.1, -0.05) is 23.5 Å². The van der Waals surface area contributed by atoms with Crippen molar-refractivity contribution >= 4 is 49.6 Å². The lowest BCUT2D eigenvalue weighted by Gasteiger charge is -2.35. The van der Waals surface area contributed by atoms with E-state index in [9.17, 15) is 4.79 Å². The topological polar surface area (TPSA) is 92.1 Å². The number of aryl methyl sites for hydroxylation is 1. The van der Waals surface area contributed by atoms with Crippen molar-refractivity contribution in [1.82, 2.24) is 29.6 Å². The van der Waals surface area contributed by atoms with E-state index in [1.165, 1.54) is 11.3 Å². The van der Waals surface area contributed by atoms with E-state index in [4.69, 9.17) is 0 Å². The maximum absolute atomic E-state index is 12.6. The van der Waals surface area contributed by atoms with Gasteiger partial charge in [-0.2, -0.15) is 5.10 Å². The van der Waals surface area contributed by atoms with E-state index in [1.807, 2.05) is 36.2 Å². The van der Waals surface area contributed by atoms with Gasteiger partial charge >= 0.3 is 6.03 Å². The minimum absolute atomic E-state index is 0.118. The Balaban J connectivity index is 1.26. The number of nitrogens with one attached hydrogen (secondary N) is 1. The number of fused-ring (bicyclic) bond motifs is 2. The first-order valence-electron chi connectivity index (χ1n) is 8.98. The zero-order valence-electron chi connectivity index (χ0n) is 15.2. The Bertz CT molecular complexity index is 1130. The van der Waals surface area contributed by atoms with E-state index in [1.54, 1.807) is 17.2 Å². The lowest BCUT2D eigenvalue weighted by Crippen LogP contribution is -2.50.